The van der Waals surface area contributed by atoms with Crippen molar-refractivity contribution in [3.63, 3.8) is 0 Å². The topological polar surface area (TPSA) is 36.8 Å². The van der Waals surface area contributed by atoms with E-state index in [4.69, 9.17) is 11.6 Å². The SMILES string of the molecule is Cc1ccc(Cl)cc1N1CC[NH+](CC(=O)N[C@H]2CCCc3ccccc32)CC1. The molecule has 0 bridgehead atoms. The minimum Gasteiger partial charge on any atom is -0.360 e. The van der Waals surface area contributed by atoms with Gasteiger partial charge in [-0.3, -0.25) is 4.79 Å². The quantitative estimate of drug-likeness (QED) is 0.830. The maximum absolute atomic E-state index is 12.7. The monoisotopic (exact) mass is 398 g/mol. The van der Waals surface area contributed by atoms with Crippen LogP contribution in [0.5, 0.6) is 0 Å². The van der Waals surface area contributed by atoms with Crippen LogP contribution in [0.15, 0.2) is 42.5 Å². The van der Waals surface area contributed by atoms with Gasteiger partial charge in [-0.2, -0.15) is 0 Å². The molecule has 1 atom stereocenters. The smallest absolute Gasteiger partial charge is 0.275 e. The molecular formula is C23H29ClN3O+. The van der Waals surface area contributed by atoms with E-state index in [1.807, 2.05) is 6.07 Å². The Hall–Kier alpha value is -2.04. The van der Waals surface area contributed by atoms with Crippen LogP contribution in [-0.4, -0.2) is 38.6 Å². The second-order valence-corrected chi connectivity index (χ2v) is 8.49. The van der Waals surface area contributed by atoms with E-state index in [-0.39, 0.29) is 11.9 Å². The molecule has 2 aromatic rings. The van der Waals surface area contributed by atoms with Gasteiger partial charge in [0.05, 0.1) is 32.2 Å². The van der Waals surface area contributed by atoms with Crippen molar-refractivity contribution in [2.75, 3.05) is 37.6 Å². The van der Waals surface area contributed by atoms with Crippen LogP contribution in [-0.2, 0) is 11.2 Å². The van der Waals surface area contributed by atoms with E-state index in [0.717, 1.165) is 50.5 Å². The van der Waals surface area contributed by atoms with E-state index >= 15 is 0 Å². The highest BCUT2D eigenvalue weighted by atomic mass is 35.5. The first-order chi connectivity index (χ1) is 13.6. The van der Waals surface area contributed by atoms with Crippen LogP contribution in [0.4, 0.5) is 5.69 Å². The van der Waals surface area contributed by atoms with Crippen LogP contribution in [0.25, 0.3) is 0 Å². The number of aryl methyl sites for hydroxylation is 2. The zero-order chi connectivity index (χ0) is 19.5. The molecule has 148 valence electrons. The third kappa shape index (κ3) is 4.34. The molecule has 0 saturated carbocycles. The Morgan fingerprint density at radius 1 is 1.21 bits per heavy atom. The predicted molar refractivity (Wildman–Crippen MR) is 114 cm³/mol. The van der Waals surface area contributed by atoms with Crippen LogP contribution < -0.4 is 15.1 Å². The molecule has 1 aliphatic heterocycles. The highest BCUT2D eigenvalue weighted by Crippen LogP contribution is 2.29. The van der Waals surface area contributed by atoms with E-state index in [1.165, 1.54) is 27.3 Å². The number of benzene rings is 2. The predicted octanol–water partition coefficient (Wildman–Crippen LogP) is 2.55. The van der Waals surface area contributed by atoms with Crippen molar-refractivity contribution in [3.8, 4) is 0 Å². The lowest BCUT2D eigenvalue weighted by atomic mass is 9.88. The van der Waals surface area contributed by atoms with Gasteiger partial charge in [0, 0.05) is 10.7 Å². The van der Waals surface area contributed by atoms with Crippen LogP contribution in [0.3, 0.4) is 0 Å². The molecular weight excluding hydrogens is 370 g/mol. The average Bonchev–Trinajstić information content (AvgIpc) is 2.71. The standard InChI is InChI=1S/C23H28ClN3O/c1-17-9-10-19(24)15-22(17)27-13-11-26(12-14-27)16-23(28)25-21-8-4-6-18-5-2-3-7-20(18)21/h2-3,5,7,9-10,15,21H,4,6,8,11-14,16H2,1H3,(H,25,28)/p+1/t21-/m0/s1. The Labute approximate surface area is 172 Å². The molecule has 0 aromatic heterocycles. The number of carbonyl (C=O) groups is 1. The molecule has 4 nitrogen and oxygen atoms in total. The number of halogens is 1. The first-order valence-electron chi connectivity index (χ1n) is 10.3. The van der Waals surface area contributed by atoms with Gasteiger partial charge >= 0.3 is 0 Å². The zero-order valence-electron chi connectivity index (χ0n) is 16.5. The summed E-state index contributed by atoms with van der Waals surface area (Å²) in [6.45, 7) is 6.54. The molecule has 0 radical (unpaired) electrons. The maximum atomic E-state index is 12.7. The Morgan fingerprint density at radius 3 is 2.82 bits per heavy atom. The molecule has 28 heavy (non-hydrogen) atoms. The van der Waals surface area contributed by atoms with Crippen molar-refractivity contribution >= 4 is 23.2 Å². The lowest BCUT2D eigenvalue weighted by Gasteiger charge is -2.34. The molecule has 4 rings (SSSR count). The normalized spacial score (nSPS) is 19.9. The summed E-state index contributed by atoms with van der Waals surface area (Å²) < 4.78 is 0. The fourth-order valence-electron chi connectivity index (χ4n) is 4.54. The molecule has 1 aliphatic carbocycles. The first-order valence-corrected chi connectivity index (χ1v) is 10.7. The lowest BCUT2D eigenvalue weighted by Crippen LogP contribution is -3.16. The second kappa shape index (κ2) is 8.54. The van der Waals surface area contributed by atoms with Gasteiger partial charge in [0.25, 0.3) is 5.91 Å². The average molecular weight is 399 g/mol. The van der Waals surface area contributed by atoms with Crippen LogP contribution in [0, 0.1) is 6.92 Å². The molecule has 1 heterocycles. The Bertz CT molecular complexity index is 845. The van der Waals surface area contributed by atoms with Crippen LogP contribution in [0.1, 0.15) is 35.6 Å². The Morgan fingerprint density at radius 2 is 2.00 bits per heavy atom. The largest absolute Gasteiger partial charge is 0.360 e. The molecule has 1 amide bonds. The number of quaternary nitrogens is 1. The van der Waals surface area contributed by atoms with Gasteiger partial charge in [-0.05, 0) is 55.0 Å². The highest BCUT2D eigenvalue weighted by Gasteiger charge is 2.26. The van der Waals surface area contributed by atoms with E-state index in [2.05, 4.69) is 53.5 Å². The fraction of sp³-hybridized carbons (Fsp3) is 0.435. The summed E-state index contributed by atoms with van der Waals surface area (Å²) in [6.07, 6.45) is 3.31. The van der Waals surface area contributed by atoms with E-state index < -0.39 is 0 Å². The minimum atomic E-state index is 0.170. The third-order valence-electron chi connectivity index (χ3n) is 6.10. The molecule has 5 heteroatoms. The highest BCUT2D eigenvalue weighted by molar-refractivity contribution is 6.30. The first kappa shape index (κ1) is 19.3. The number of piperazine rings is 1. The van der Waals surface area contributed by atoms with E-state index in [1.54, 1.807) is 0 Å². The number of rotatable bonds is 4. The summed E-state index contributed by atoms with van der Waals surface area (Å²) in [5, 5.41) is 4.07. The number of fused-ring (bicyclic) bond motifs is 1. The number of nitrogens with one attached hydrogen (secondary N) is 2. The zero-order valence-corrected chi connectivity index (χ0v) is 17.3. The van der Waals surface area contributed by atoms with Gasteiger partial charge in [0.15, 0.2) is 6.54 Å². The summed E-state index contributed by atoms with van der Waals surface area (Å²) in [7, 11) is 0. The minimum absolute atomic E-state index is 0.170. The molecule has 1 fully saturated rings. The molecule has 0 spiro atoms. The van der Waals surface area contributed by atoms with Gasteiger partial charge in [0.2, 0.25) is 0 Å². The Kier molecular flexibility index (Phi) is 5.88. The van der Waals surface area contributed by atoms with Crippen molar-refractivity contribution in [1.82, 2.24) is 5.32 Å². The van der Waals surface area contributed by atoms with Crippen molar-refractivity contribution in [2.45, 2.75) is 32.2 Å². The molecule has 1 saturated heterocycles. The lowest BCUT2D eigenvalue weighted by molar-refractivity contribution is -0.892. The van der Waals surface area contributed by atoms with Gasteiger partial charge in [-0.15, -0.1) is 0 Å². The van der Waals surface area contributed by atoms with Crippen molar-refractivity contribution in [3.05, 3.63) is 64.2 Å². The number of amides is 1. The fourth-order valence-corrected chi connectivity index (χ4v) is 4.71. The van der Waals surface area contributed by atoms with Crippen LogP contribution in [0.2, 0.25) is 5.02 Å². The second-order valence-electron chi connectivity index (χ2n) is 8.06. The molecule has 2 N–H and O–H groups in total. The number of hydrogen-bond acceptors (Lipinski definition) is 2. The third-order valence-corrected chi connectivity index (χ3v) is 6.33. The van der Waals surface area contributed by atoms with E-state index in [0.29, 0.717) is 6.54 Å². The number of carbonyl (C=O) groups excluding carboxylic acids is 1. The summed E-state index contributed by atoms with van der Waals surface area (Å²) in [6, 6.07) is 14.8. The summed E-state index contributed by atoms with van der Waals surface area (Å²) in [4.78, 5) is 16.4. The number of anilines is 1. The van der Waals surface area contributed by atoms with Crippen molar-refractivity contribution in [2.24, 2.45) is 0 Å². The van der Waals surface area contributed by atoms with Gasteiger partial charge in [-0.25, -0.2) is 0 Å². The Balaban J connectivity index is 1.31. The molecule has 2 aromatic carbocycles. The van der Waals surface area contributed by atoms with E-state index in [9.17, 15) is 4.79 Å². The molecule has 2 aliphatic rings. The van der Waals surface area contributed by atoms with Crippen LogP contribution >= 0.6 is 11.6 Å². The van der Waals surface area contributed by atoms with Gasteiger partial charge < -0.3 is 15.1 Å². The van der Waals surface area contributed by atoms with Gasteiger partial charge in [0.1, 0.15) is 0 Å². The van der Waals surface area contributed by atoms with Crippen molar-refractivity contribution < 1.29 is 9.69 Å². The number of nitrogens with zero attached hydrogens (tertiary/aromatic N) is 1. The van der Waals surface area contributed by atoms with Gasteiger partial charge in [-0.1, -0.05) is 41.9 Å². The maximum Gasteiger partial charge on any atom is 0.275 e. The van der Waals surface area contributed by atoms with Crippen molar-refractivity contribution in [1.29, 1.82) is 0 Å². The summed E-state index contributed by atoms with van der Waals surface area (Å²) in [5.74, 6) is 0.170. The number of hydrogen-bond donors (Lipinski definition) is 2. The molecule has 0 unspecified atom stereocenters. The summed E-state index contributed by atoms with van der Waals surface area (Å²) >= 11 is 6.18. The summed E-state index contributed by atoms with van der Waals surface area (Å²) in [5.41, 5.74) is 5.16.